The van der Waals surface area contributed by atoms with Crippen LogP contribution in [0.3, 0.4) is 0 Å². The molecular weight excluding hydrogens is 473 g/mol. The fourth-order valence-electron chi connectivity index (χ4n) is 3.87. The number of nitrogens with zero attached hydrogens (tertiary/aromatic N) is 2. The molecule has 0 aromatic carbocycles. The monoisotopic (exact) mass is 511 g/mol. The Labute approximate surface area is 186 Å². The van der Waals surface area contributed by atoms with Gasteiger partial charge in [-0.1, -0.05) is 12.8 Å². The molecule has 3 N–H and O–H groups in total. The van der Waals surface area contributed by atoms with Gasteiger partial charge in [0.15, 0.2) is 5.96 Å². The van der Waals surface area contributed by atoms with Crippen LogP contribution in [0.25, 0.3) is 0 Å². The van der Waals surface area contributed by atoms with E-state index >= 15 is 0 Å². The first-order chi connectivity index (χ1) is 12.3. The van der Waals surface area contributed by atoms with Crippen molar-refractivity contribution in [2.75, 3.05) is 44.2 Å². The van der Waals surface area contributed by atoms with Gasteiger partial charge in [-0.25, -0.2) is 4.99 Å². The Balaban J connectivity index is 0.00000364. The Morgan fingerprint density at radius 3 is 2.33 bits per heavy atom. The minimum Gasteiger partial charge on any atom is -0.357 e. The van der Waals surface area contributed by atoms with E-state index in [4.69, 9.17) is 0 Å². The van der Waals surface area contributed by atoms with E-state index in [0.717, 1.165) is 19.0 Å². The van der Waals surface area contributed by atoms with E-state index in [2.05, 4.69) is 44.5 Å². The summed E-state index contributed by atoms with van der Waals surface area (Å²) in [7, 11) is 0. The van der Waals surface area contributed by atoms with Gasteiger partial charge in [0.2, 0.25) is 5.91 Å². The van der Waals surface area contributed by atoms with E-state index in [1.54, 1.807) is 0 Å². The van der Waals surface area contributed by atoms with E-state index in [-0.39, 0.29) is 47.5 Å². The molecular formula is C19H38IN5OS. The molecule has 8 heteroatoms. The van der Waals surface area contributed by atoms with Crippen LogP contribution in [0.5, 0.6) is 0 Å². The first kappa shape index (κ1) is 24.8. The molecule has 2 rings (SSSR count). The van der Waals surface area contributed by atoms with Crippen molar-refractivity contribution in [3.8, 4) is 0 Å². The second-order valence-corrected chi connectivity index (χ2v) is 9.60. The highest BCUT2D eigenvalue weighted by Crippen LogP contribution is 2.36. The third kappa shape index (κ3) is 8.35. The van der Waals surface area contributed by atoms with E-state index in [0.29, 0.717) is 0 Å². The SMILES string of the molecule is CCNC(=NCC(=O)NC(C)(C)C)NCC1(N2CCSCC2)CCCC1.I. The molecule has 158 valence electrons. The Bertz CT molecular complexity index is 483. The van der Waals surface area contributed by atoms with Gasteiger partial charge in [-0.3, -0.25) is 9.69 Å². The smallest absolute Gasteiger partial charge is 0.242 e. The largest absolute Gasteiger partial charge is 0.357 e. The van der Waals surface area contributed by atoms with Crippen molar-refractivity contribution >= 4 is 47.6 Å². The average Bonchev–Trinajstić information content (AvgIpc) is 3.07. The average molecular weight is 512 g/mol. The lowest BCUT2D eigenvalue weighted by atomic mass is 9.94. The first-order valence-corrected chi connectivity index (χ1v) is 11.2. The lowest BCUT2D eigenvalue weighted by Gasteiger charge is -2.43. The second-order valence-electron chi connectivity index (χ2n) is 8.38. The van der Waals surface area contributed by atoms with Gasteiger partial charge in [0.1, 0.15) is 6.54 Å². The highest BCUT2D eigenvalue weighted by atomic mass is 127. The van der Waals surface area contributed by atoms with Crippen molar-refractivity contribution in [1.29, 1.82) is 0 Å². The zero-order chi connectivity index (χ0) is 19.0. The van der Waals surface area contributed by atoms with Crippen molar-refractivity contribution in [3.05, 3.63) is 0 Å². The molecule has 27 heavy (non-hydrogen) atoms. The molecule has 1 heterocycles. The fraction of sp³-hybridized carbons (Fsp3) is 0.895. The summed E-state index contributed by atoms with van der Waals surface area (Å²) < 4.78 is 0. The molecule has 0 radical (unpaired) electrons. The maximum atomic E-state index is 12.1. The number of hydrogen-bond donors (Lipinski definition) is 3. The first-order valence-electron chi connectivity index (χ1n) is 10.0. The van der Waals surface area contributed by atoms with Gasteiger partial charge in [0.25, 0.3) is 0 Å². The number of aliphatic imine (C=N–C) groups is 1. The van der Waals surface area contributed by atoms with Crippen LogP contribution < -0.4 is 16.0 Å². The van der Waals surface area contributed by atoms with Crippen LogP contribution in [0, 0.1) is 0 Å². The van der Waals surface area contributed by atoms with Gasteiger partial charge in [-0.2, -0.15) is 11.8 Å². The van der Waals surface area contributed by atoms with Crippen LogP contribution in [0.15, 0.2) is 4.99 Å². The van der Waals surface area contributed by atoms with E-state index in [1.165, 1.54) is 50.3 Å². The van der Waals surface area contributed by atoms with Crippen LogP contribution in [-0.2, 0) is 4.79 Å². The molecule has 0 aromatic heterocycles. The van der Waals surface area contributed by atoms with Gasteiger partial charge in [0.05, 0.1) is 0 Å². The summed E-state index contributed by atoms with van der Waals surface area (Å²) in [6, 6.07) is 0. The maximum Gasteiger partial charge on any atom is 0.242 e. The zero-order valence-corrected chi connectivity index (χ0v) is 20.5. The van der Waals surface area contributed by atoms with Gasteiger partial charge in [0, 0.05) is 48.8 Å². The third-order valence-corrected chi connectivity index (χ3v) is 5.98. The van der Waals surface area contributed by atoms with Crippen LogP contribution >= 0.6 is 35.7 Å². The topological polar surface area (TPSA) is 68.8 Å². The summed E-state index contributed by atoms with van der Waals surface area (Å²) >= 11 is 2.06. The lowest BCUT2D eigenvalue weighted by molar-refractivity contribution is -0.121. The summed E-state index contributed by atoms with van der Waals surface area (Å²) in [5.74, 6) is 3.18. The number of hydrogen-bond acceptors (Lipinski definition) is 4. The Morgan fingerprint density at radius 2 is 1.78 bits per heavy atom. The van der Waals surface area contributed by atoms with Gasteiger partial charge < -0.3 is 16.0 Å². The van der Waals surface area contributed by atoms with E-state index in [9.17, 15) is 4.79 Å². The summed E-state index contributed by atoms with van der Waals surface area (Å²) in [4.78, 5) is 19.2. The molecule has 1 aliphatic carbocycles. The highest BCUT2D eigenvalue weighted by molar-refractivity contribution is 14.0. The molecule has 0 atom stereocenters. The Morgan fingerprint density at radius 1 is 1.15 bits per heavy atom. The molecule has 1 saturated heterocycles. The van der Waals surface area contributed by atoms with Gasteiger partial charge in [-0.05, 0) is 40.5 Å². The van der Waals surface area contributed by atoms with E-state index < -0.39 is 0 Å². The van der Waals surface area contributed by atoms with E-state index in [1.807, 2.05) is 20.8 Å². The van der Waals surface area contributed by atoms with Crippen molar-refractivity contribution in [2.45, 2.75) is 64.5 Å². The molecule has 2 aliphatic rings. The fourth-order valence-corrected chi connectivity index (χ4v) is 4.78. The second kappa shape index (κ2) is 11.7. The molecule has 0 bridgehead atoms. The number of rotatable bonds is 6. The third-order valence-electron chi connectivity index (χ3n) is 5.04. The molecule has 0 aromatic rings. The normalized spacial score (nSPS) is 20.7. The summed E-state index contributed by atoms with van der Waals surface area (Å²) in [6.07, 6.45) is 5.14. The Kier molecular flexibility index (Phi) is 10.8. The number of amides is 1. The molecule has 0 unspecified atom stereocenters. The van der Waals surface area contributed by atoms with Crippen LogP contribution in [-0.4, -0.2) is 72.1 Å². The van der Waals surface area contributed by atoms with Crippen molar-refractivity contribution in [3.63, 3.8) is 0 Å². The van der Waals surface area contributed by atoms with Crippen molar-refractivity contribution < 1.29 is 4.79 Å². The van der Waals surface area contributed by atoms with Crippen molar-refractivity contribution in [2.24, 2.45) is 4.99 Å². The molecule has 1 aliphatic heterocycles. The van der Waals surface area contributed by atoms with Crippen LogP contribution in [0.2, 0.25) is 0 Å². The Hall–Kier alpha value is -0.220. The van der Waals surface area contributed by atoms with Crippen LogP contribution in [0.1, 0.15) is 53.4 Å². The van der Waals surface area contributed by atoms with Gasteiger partial charge in [-0.15, -0.1) is 24.0 Å². The van der Waals surface area contributed by atoms with Crippen LogP contribution in [0.4, 0.5) is 0 Å². The highest BCUT2D eigenvalue weighted by Gasteiger charge is 2.39. The minimum absolute atomic E-state index is 0. The molecule has 6 nitrogen and oxygen atoms in total. The quantitative estimate of drug-likeness (QED) is 0.291. The lowest BCUT2D eigenvalue weighted by Crippen LogP contribution is -2.57. The predicted molar refractivity (Wildman–Crippen MR) is 127 cm³/mol. The standard InChI is InChI=1S/C19H37N5OS.HI/c1-5-20-17(21-14-16(25)23-18(2,3)4)22-15-19(8-6-7-9-19)24-10-12-26-13-11-24;/h5-15H2,1-4H3,(H,23,25)(H2,20,21,22);1H. The number of guanidine groups is 1. The molecule has 2 fully saturated rings. The summed E-state index contributed by atoms with van der Waals surface area (Å²) in [5.41, 5.74) is 0.0312. The minimum atomic E-state index is -0.224. The number of thioether (sulfide) groups is 1. The molecule has 0 spiro atoms. The van der Waals surface area contributed by atoms with Crippen molar-refractivity contribution in [1.82, 2.24) is 20.9 Å². The summed E-state index contributed by atoms with van der Waals surface area (Å²) in [6.45, 7) is 12.2. The maximum absolute atomic E-state index is 12.1. The number of carbonyl (C=O) groups is 1. The number of carbonyl (C=O) groups excluding carboxylic acids is 1. The zero-order valence-electron chi connectivity index (χ0n) is 17.4. The molecule has 1 amide bonds. The predicted octanol–water partition coefficient (Wildman–Crippen LogP) is 2.44. The number of halogens is 1. The summed E-state index contributed by atoms with van der Waals surface area (Å²) in [5, 5.41) is 9.77. The van der Waals surface area contributed by atoms with Gasteiger partial charge >= 0.3 is 0 Å². The molecule has 1 saturated carbocycles. The number of nitrogens with one attached hydrogen (secondary N) is 3.